The molecule has 0 unspecified atom stereocenters. The molecular formula is C15H13BrFNO3. The van der Waals surface area contributed by atoms with Gasteiger partial charge in [-0.05, 0) is 47.0 Å². The molecule has 0 spiro atoms. The molecule has 110 valence electrons. The second-order valence-corrected chi connectivity index (χ2v) is 5.48. The Kier molecular flexibility index (Phi) is 4.57. The number of nitrogens with zero attached hydrogens (tertiary/aromatic N) is 1. The van der Waals surface area contributed by atoms with Crippen LogP contribution in [-0.4, -0.2) is 4.92 Å². The van der Waals surface area contributed by atoms with Gasteiger partial charge in [-0.2, -0.15) is 0 Å². The second-order valence-electron chi connectivity index (χ2n) is 4.69. The van der Waals surface area contributed by atoms with Gasteiger partial charge >= 0.3 is 5.69 Å². The SMILES string of the molecule is Cc1cc(C)c(OCc2cccc(F)c2Br)c([N+](=O)[O-])c1. The topological polar surface area (TPSA) is 52.4 Å². The Hall–Kier alpha value is -1.95. The fourth-order valence-corrected chi connectivity index (χ4v) is 2.44. The molecule has 0 amide bonds. The number of hydrogen-bond acceptors (Lipinski definition) is 3. The van der Waals surface area contributed by atoms with Crippen molar-refractivity contribution in [2.75, 3.05) is 0 Å². The summed E-state index contributed by atoms with van der Waals surface area (Å²) in [5.41, 5.74) is 1.97. The van der Waals surface area contributed by atoms with Gasteiger partial charge in [0.05, 0.1) is 9.40 Å². The van der Waals surface area contributed by atoms with Gasteiger partial charge in [0, 0.05) is 11.6 Å². The van der Waals surface area contributed by atoms with E-state index in [1.807, 2.05) is 6.07 Å². The molecule has 0 bridgehead atoms. The summed E-state index contributed by atoms with van der Waals surface area (Å²) >= 11 is 3.14. The number of aryl methyl sites for hydroxylation is 2. The van der Waals surface area contributed by atoms with Crippen molar-refractivity contribution >= 4 is 21.6 Å². The molecule has 0 radical (unpaired) electrons. The van der Waals surface area contributed by atoms with Crippen LogP contribution in [0, 0.1) is 29.8 Å². The molecule has 0 saturated heterocycles. The molecule has 0 heterocycles. The highest BCUT2D eigenvalue weighted by molar-refractivity contribution is 9.10. The van der Waals surface area contributed by atoms with Crippen molar-refractivity contribution in [3.05, 3.63) is 67.4 Å². The van der Waals surface area contributed by atoms with E-state index in [-0.39, 0.29) is 18.0 Å². The first-order chi connectivity index (χ1) is 9.90. The monoisotopic (exact) mass is 353 g/mol. The van der Waals surface area contributed by atoms with Crippen molar-refractivity contribution in [3.63, 3.8) is 0 Å². The Labute approximate surface area is 129 Å². The van der Waals surface area contributed by atoms with E-state index >= 15 is 0 Å². The van der Waals surface area contributed by atoms with Gasteiger partial charge < -0.3 is 4.74 Å². The molecule has 6 heteroatoms. The molecule has 0 aliphatic rings. The third kappa shape index (κ3) is 3.39. The lowest BCUT2D eigenvalue weighted by molar-refractivity contribution is -0.386. The van der Waals surface area contributed by atoms with Gasteiger partial charge in [0.1, 0.15) is 12.4 Å². The average Bonchev–Trinajstić information content (AvgIpc) is 2.41. The number of ether oxygens (including phenoxy) is 1. The Morgan fingerprint density at radius 1 is 1.33 bits per heavy atom. The molecule has 21 heavy (non-hydrogen) atoms. The smallest absolute Gasteiger partial charge is 0.311 e. The number of nitro groups is 1. The number of benzene rings is 2. The molecule has 2 aromatic rings. The molecule has 4 nitrogen and oxygen atoms in total. The van der Waals surface area contributed by atoms with E-state index < -0.39 is 10.7 Å². The zero-order valence-electron chi connectivity index (χ0n) is 11.5. The van der Waals surface area contributed by atoms with E-state index in [4.69, 9.17) is 4.74 Å². The highest BCUT2D eigenvalue weighted by Gasteiger charge is 2.19. The minimum Gasteiger partial charge on any atom is -0.482 e. The standard InChI is InChI=1S/C15H13BrFNO3/c1-9-6-10(2)15(13(7-9)18(19)20)21-8-11-4-3-5-12(17)14(11)16/h3-7H,8H2,1-2H3. The molecule has 2 rings (SSSR count). The van der Waals surface area contributed by atoms with Gasteiger partial charge in [-0.3, -0.25) is 10.1 Å². The van der Waals surface area contributed by atoms with Crippen LogP contribution in [0.15, 0.2) is 34.8 Å². The average molecular weight is 354 g/mol. The first kappa shape index (κ1) is 15.4. The van der Waals surface area contributed by atoms with Gasteiger partial charge in [0.15, 0.2) is 5.75 Å². The van der Waals surface area contributed by atoms with Crippen LogP contribution in [0.2, 0.25) is 0 Å². The van der Waals surface area contributed by atoms with Gasteiger partial charge in [-0.25, -0.2) is 4.39 Å². The lowest BCUT2D eigenvalue weighted by atomic mass is 10.1. The van der Waals surface area contributed by atoms with Gasteiger partial charge in [0.25, 0.3) is 0 Å². The molecule has 0 aliphatic heterocycles. The van der Waals surface area contributed by atoms with Crippen molar-refractivity contribution in [1.29, 1.82) is 0 Å². The van der Waals surface area contributed by atoms with Gasteiger partial charge in [-0.1, -0.05) is 18.2 Å². The summed E-state index contributed by atoms with van der Waals surface area (Å²) in [7, 11) is 0. The summed E-state index contributed by atoms with van der Waals surface area (Å²) in [5.74, 6) is -0.187. The van der Waals surface area contributed by atoms with E-state index in [2.05, 4.69) is 15.9 Å². The normalized spacial score (nSPS) is 10.5. The number of rotatable bonds is 4. The molecule has 0 aromatic heterocycles. The minimum absolute atomic E-state index is 0.0447. The molecule has 0 N–H and O–H groups in total. The zero-order valence-corrected chi connectivity index (χ0v) is 13.1. The van der Waals surface area contributed by atoms with Crippen LogP contribution in [0.1, 0.15) is 16.7 Å². The summed E-state index contributed by atoms with van der Waals surface area (Å²) in [6.07, 6.45) is 0. The van der Waals surface area contributed by atoms with Crippen molar-refractivity contribution in [3.8, 4) is 5.75 Å². The van der Waals surface area contributed by atoms with Crippen LogP contribution >= 0.6 is 15.9 Å². The summed E-state index contributed by atoms with van der Waals surface area (Å²) in [4.78, 5) is 10.6. The maximum atomic E-state index is 13.4. The molecule has 0 fully saturated rings. The van der Waals surface area contributed by atoms with E-state index in [0.29, 0.717) is 15.6 Å². The molecule has 0 saturated carbocycles. The summed E-state index contributed by atoms with van der Waals surface area (Å²) < 4.78 is 19.3. The molecule has 0 atom stereocenters. The fraction of sp³-hybridized carbons (Fsp3) is 0.200. The summed E-state index contributed by atoms with van der Waals surface area (Å²) in [5, 5.41) is 11.1. The third-order valence-electron chi connectivity index (χ3n) is 3.00. The third-order valence-corrected chi connectivity index (χ3v) is 3.89. The second kappa shape index (κ2) is 6.22. The summed E-state index contributed by atoms with van der Waals surface area (Å²) in [6.45, 7) is 3.58. The zero-order chi connectivity index (χ0) is 15.6. The van der Waals surface area contributed by atoms with Crippen LogP contribution in [0.3, 0.4) is 0 Å². The highest BCUT2D eigenvalue weighted by atomic mass is 79.9. The van der Waals surface area contributed by atoms with Crippen molar-refractivity contribution < 1.29 is 14.1 Å². The Morgan fingerprint density at radius 3 is 2.71 bits per heavy atom. The van der Waals surface area contributed by atoms with E-state index in [1.54, 1.807) is 26.0 Å². The Morgan fingerprint density at radius 2 is 2.05 bits per heavy atom. The molecule has 2 aromatic carbocycles. The number of hydrogen-bond donors (Lipinski definition) is 0. The fourth-order valence-electron chi connectivity index (χ4n) is 2.07. The lowest BCUT2D eigenvalue weighted by Crippen LogP contribution is -2.02. The molecule has 0 aliphatic carbocycles. The first-order valence-corrected chi connectivity index (χ1v) is 7.00. The van der Waals surface area contributed by atoms with Crippen molar-refractivity contribution in [2.45, 2.75) is 20.5 Å². The Balaban J connectivity index is 2.32. The largest absolute Gasteiger partial charge is 0.482 e. The molecular weight excluding hydrogens is 341 g/mol. The maximum Gasteiger partial charge on any atom is 0.311 e. The first-order valence-electron chi connectivity index (χ1n) is 6.21. The Bertz CT molecular complexity index is 704. The maximum absolute atomic E-state index is 13.4. The van der Waals surface area contributed by atoms with Crippen molar-refractivity contribution in [2.24, 2.45) is 0 Å². The lowest BCUT2D eigenvalue weighted by Gasteiger charge is -2.11. The quantitative estimate of drug-likeness (QED) is 0.591. The van der Waals surface area contributed by atoms with Crippen LogP contribution in [0.25, 0.3) is 0 Å². The minimum atomic E-state index is -0.476. The predicted molar refractivity (Wildman–Crippen MR) is 81.0 cm³/mol. The van der Waals surface area contributed by atoms with E-state index in [0.717, 1.165) is 5.56 Å². The van der Waals surface area contributed by atoms with Crippen LogP contribution in [0.5, 0.6) is 5.75 Å². The van der Waals surface area contributed by atoms with Crippen molar-refractivity contribution in [1.82, 2.24) is 0 Å². The number of halogens is 2. The van der Waals surface area contributed by atoms with Gasteiger partial charge in [-0.15, -0.1) is 0 Å². The predicted octanol–water partition coefficient (Wildman–Crippen LogP) is 4.69. The van der Waals surface area contributed by atoms with Crippen LogP contribution in [0.4, 0.5) is 10.1 Å². The van der Waals surface area contributed by atoms with E-state index in [9.17, 15) is 14.5 Å². The number of nitro benzene ring substituents is 1. The summed E-state index contributed by atoms with van der Waals surface area (Å²) in [6, 6.07) is 7.86. The van der Waals surface area contributed by atoms with Crippen LogP contribution < -0.4 is 4.74 Å². The van der Waals surface area contributed by atoms with Gasteiger partial charge in [0.2, 0.25) is 0 Å². The van der Waals surface area contributed by atoms with E-state index in [1.165, 1.54) is 12.1 Å². The highest BCUT2D eigenvalue weighted by Crippen LogP contribution is 2.33. The van der Waals surface area contributed by atoms with Crippen LogP contribution in [-0.2, 0) is 6.61 Å².